The molecule has 0 atom stereocenters. The standard InChI is InChI=1S/C19H20Cl2N2O4/c1-3-26-17-7-4-13(8-18(17)25-2)10-23-27-12-19(24)22-11-14-5-6-15(20)9-16(14)21/h4-10H,3,11-12H2,1-2H3,(H,22,24)/b23-10-. The van der Waals surface area contributed by atoms with Gasteiger partial charge in [0.25, 0.3) is 5.91 Å². The Labute approximate surface area is 168 Å². The van der Waals surface area contributed by atoms with Gasteiger partial charge in [-0.25, -0.2) is 0 Å². The lowest BCUT2D eigenvalue weighted by atomic mass is 10.2. The summed E-state index contributed by atoms with van der Waals surface area (Å²) in [7, 11) is 1.56. The van der Waals surface area contributed by atoms with E-state index in [1.165, 1.54) is 6.21 Å². The summed E-state index contributed by atoms with van der Waals surface area (Å²) in [6.07, 6.45) is 1.49. The van der Waals surface area contributed by atoms with Crippen molar-refractivity contribution in [2.75, 3.05) is 20.3 Å². The number of nitrogens with one attached hydrogen (secondary N) is 1. The molecule has 0 spiro atoms. The van der Waals surface area contributed by atoms with Crippen molar-refractivity contribution < 1.29 is 19.1 Å². The van der Waals surface area contributed by atoms with Crippen LogP contribution in [0.4, 0.5) is 0 Å². The van der Waals surface area contributed by atoms with Crippen LogP contribution < -0.4 is 14.8 Å². The highest BCUT2D eigenvalue weighted by Crippen LogP contribution is 2.27. The lowest BCUT2D eigenvalue weighted by Gasteiger charge is -2.09. The van der Waals surface area contributed by atoms with E-state index in [1.54, 1.807) is 37.4 Å². The summed E-state index contributed by atoms with van der Waals surface area (Å²) in [5.74, 6) is 0.930. The molecule has 0 radical (unpaired) electrons. The van der Waals surface area contributed by atoms with Gasteiger partial charge in [-0.15, -0.1) is 0 Å². The molecule has 0 heterocycles. The Balaban J connectivity index is 1.80. The number of oxime groups is 1. The van der Waals surface area contributed by atoms with E-state index in [9.17, 15) is 4.79 Å². The first kappa shape index (κ1) is 20.9. The summed E-state index contributed by atoms with van der Waals surface area (Å²) in [5, 5.41) is 7.52. The molecule has 0 saturated heterocycles. The molecule has 0 aliphatic heterocycles. The molecular formula is C19H20Cl2N2O4. The van der Waals surface area contributed by atoms with Gasteiger partial charge in [0.05, 0.1) is 19.9 Å². The molecule has 0 bridgehead atoms. The first-order valence-corrected chi connectivity index (χ1v) is 8.96. The molecule has 6 nitrogen and oxygen atoms in total. The molecule has 0 aliphatic rings. The Kier molecular flexibility index (Phi) is 8.23. The molecule has 0 saturated carbocycles. The fourth-order valence-corrected chi connectivity index (χ4v) is 2.62. The van der Waals surface area contributed by atoms with Gasteiger partial charge in [-0.2, -0.15) is 0 Å². The van der Waals surface area contributed by atoms with Crippen molar-refractivity contribution in [2.24, 2.45) is 5.16 Å². The maximum atomic E-state index is 11.8. The second kappa shape index (κ2) is 10.6. The number of hydrogen-bond donors (Lipinski definition) is 1. The second-order valence-electron chi connectivity index (χ2n) is 5.36. The van der Waals surface area contributed by atoms with Crippen LogP contribution in [0.15, 0.2) is 41.6 Å². The molecule has 27 heavy (non-hydrogen) atoms. The topological polar surface area (TPSA) is 69.2 Å². The first-order valence-electron chi connectivity index (χ1n) is 8.20. The number of halogens is 2. The molecule has 2 rings (SSSR count). The van der Waals surface area contributed by atoms with Gasteiger partial charge in [0.2, 0.25) is 0 Å². The first-order chi connectivity index (χ1) is 13.0. The molecule has 0 aromatic heterocycles. The van der Waals surface area contributed by atoms with E-state index in [2.05, 4.69) is 10.5 Å². The highest BCUT2D eigenvalue weighted by Gasteiger charge is 2.06. The van der Waals surface area contributed by atoms with E-state index in [4.69, 9.17) is 37.5 Å². The summed E-state index contributed by atoms with van der Waals surface area (Å²) in [5.41, 5.74) is 1.52. The number of methoxy groups -OCH3 is 1. The van der Waals surface area contributed by atoms with E-state index < -0.39 is 0 Å². The van der Waals surface area contributed by atoms with E-state index in [1.807, 2.05) is 13.0 Å². The van der Waals surface area contributed by atoms with Gasteiger partial charge in [-0.3, -0.25) is 4.79 Å². The Morgan fingerprint density at radius 2 is 2.00 bits per heavy atom. The minimum Gasteiger partial charge on any atom is -0.493 e. The zero-order valence-corrected chi connectivity index (χ0v) is 16.5. The van der Waals surface area contributed by atoms with Crippen molar-refractivity contribution in [3.8, 4) is 11.5 Å². The molecule has 144 valence electrons. The number of carbonyl (C=O) groups is 1. The van der Waals surface area contributed by atoms with Crippen molar-refractivity contribution in [3.63, 3.8) is 0 Å². The zero-order chi connectivity index (χ0) is 19.6. The second-order valence-corrected chi connectivity index (χ2v) is 6.21. The SMILES string of the molecule is CCOc1ccc(/C=N\OCC(=O)NCc2ccc(Cl)cc2Cl)cc1OC. The number of ether oxygens (including phenoxy) is 2. The van der Waals surface area contributed by atoms with Crippen LogP contribution in [-0.4, -0.2) is 32.4 Å². The number of hydrogen-bond acceptors (Lipinski definition) is 5. The maximum Gasteiger partial charge on any atom is 0.261 e. The third kappa shape index (κ3) is 6.66. The van der Waals surface area contributed by atoms with Crippen molar-refractivity contribution in [2.45, 2.75) is 13.5 Å². The summed E-state index contributed by atoms with van der Waals surface area (Å²) in [6.45, 7) is 2.51. The fraction of sp³-hybridized carbons (Fsp3) is 0.263. The Hall–Kier alpha value is -2.44. The molecule has 2 aromatic carbocycles. The van der Waals surface area contributed by atoms with Crippen LogP contribution in [0, 0.1) is 0 Å². The minimum absolute atomic E-state index is 0.212. The van der Waals surface area contributed by atoms with Crippen LogP contribution in [-0.2, 0) is 16.2 Å². The maximum absolute atomic E-state index is 11.8. The molecule has 0 aliphatic carbocycles. The monoisotopic (exact) mass is 410 g/mol. The quantitative estimate of drug-likeness (QED) is 0.499. The van der Waals surface area contributed by atoms with Crippen molar-refractivity contribution in [3.05, 3.63) is 57.6 Å². The predicted molar refractivity (Wildman–Crippen MR) is 106 cm³/mol. The van der Waals surface area contributed by atoms with Crippen molar-refractivity contribution in [1.29, 1.82) is 0 Å². The summed E-state index contributed by atoms with van der Waals surface area (Å²) in [6, 6.07) is 10.4. The van der Waals surface area contributed by atoms with Gasteiger partial charge in [-0.05, 0) is 42.8 Å². The predicted octanol–water partition coefficient (Wildman–Crippen LogP) is 4.07. The van der Waals surface area contributed by atoms with Crippen LogP contribution in [0.5, 0.6) is 11.5 Å². The lowest BCUT2D eigenvalue weighted by molar-refractivity contribution is -0.125. The van der Waals surface area contributed by atoms with Gasteiger partial charge in [0.1, 0.15) is 0 Å². The summed E-state index contributed by atoms with van der Waals surface area (Å²) >= 11 is 11.9. The van der Waals surface area contributed by atoms with Crippen LogP contribution in [0.25, 0.3) is 0 Å². The minimum atomic E-state index is -0.317. The number of amides is 1. The molecule has 2 aromatic rings. The molecule has 0 fully saturated rings. The molecule has 8 heteroatoms. The van der Waals surface area contributed by atoms with Crippen molar-refractivity contribution in [1.82, 2.24) is 5.32 Å². The van der Waals surface area contributed by atoms with Crippen LogP contribution in [0.3, 0.4) is 0 Å². The van der Waals surface area contributed by atoms with E-state index >= 15 is 0 Å². The number of rotatable bonds is 9. The molecular weight excluding hydrogens is 391 g/mol. The van der Waals surface area contributed by atoms with E-state index in [0.29, 0.717) is 28.2 Å². The van der Waals surface area contributed by atoms with Crippen LogP contribution in [0.2, 0.25) is 10.0 Å². The van der Waals surface area contributed by atoms with Gasteiger partial charge in [0, 0.05) is 22.2 Å². The lowest BCUT2D eigenvalue weighted by Crippen LogP contribution is -2.26. The zero-order valence-electron chi connectivity index (χ0n) is 15.0. The van der Waals surface area contributed by atoms with Gasteiger partial charge in [-0.1, -0.05) is 34.4 Å². The van der Waals surface area contributed by atoms with E-state index in [-0.39, 0.29) is 19.1 Å². The Morgan fingerprint density at radius 1 is 1.19 bits per heavy atom. The normalized spacial score (nSPS) is 10.7. The largest absolute Gasteiger partial charge is 0.493 e. The number of benzene rings is 2. The smallest absolute Gasteiger partial charge is 0.261 e. The average molecular weight is 411 g/mol. The molecule has 1 N–H and O–H groups in total. The van der Waals surface area contributed by atoms with Crippen LogP contribution in [0.1, 0.15) is 18.1 Å². The van der Waals surface area contributed by atoms with Gasteiger partial charge >= 0.3 is 0 Å². The number of nitrogens with zero attached hydrogens (tertiary/aromatic N) is 1. The Morgan fingerprint density at radius 3 is 2.70 bits per heavy atom. The van der Waals surface area contributed by atoms with Gasteiger partial charge in [0.15, 0.2) is 18.1 Å². The fourth-order valence-electron chi connectivity index (χ4n) is 2.14. The Bertz CT molecular complexity index is 812. The van der Waals surface area contributed by atoms with Crippen LogP contribution >= 0.6 is 23.2 Å². The summed E-state index contributed by atoms with van der Waals surface area (Å²) < 4.78 is 10.7. The van der Waals surface area contributed by atoms with Crippen molar-refractivity contribution >= 4 is 35.3 Å². The van der Waals surface area contributed by atoms with E-state index in [0.717, 1.165) is 11.1 Å². The number of carbonyl (C=O) groups excluding carboxylic acids is 1. The third-order valence-electron chi connectivity index (χ3n) is 3.45. The van der Waals surface area contributed by atoms with Gasteiger partial charge < -0.3 is 19.6 Å². The molecule has 0 unspecified atom stereocenters. The highest BCUT2D eigenvalue weighted by atomic mass is 35.5. The molecule has 1 amide bonds. The average Bonchev–Trinajstić information content (AvgIpc) is 2.65. The highest BCUT2D eigenvalue weighted by molar-refractivity contribution is 6.35. The summed E-state index contributed by atoms with van der Waals surface area (Å²) in [4.78, 5) is 16.8. The third-order valence-corrected chi connectivity index (χ3v) is 4.04.